The highest BCUT2D eigenvalue weighted by Gasteiger charge is 2.41. The van der Waals surface area contributed by atoms with Crippen LogP contribution < -0.4 is 5.32 Å². The number of amides is 1. The van der Waals surface area contributed by atoms with Crippen molar-refractivity contribution in [2.75, 3.05) is 0 Å². The SMILES string of the molecule is O=C1NC([S+]([O-])c2ccc3ccccc3c2)C(=O)S1. The summed E-state index contributed by atoms with van der Waals surface area (Å²) in [6.45, 7) is 0. The molecule has 1 N–H and O–H groups in total. The standard InChI is InChI=1S/C13H9NO3S2/c15-12-11(14-13(16)18-12)19(17)10-6-5-8-3-1-2-4-9(8)7-10/h1-7,11H,(H,14,16). The molecule has 6 heteroatoms. The quantitative estimate of drug-likeness (QED) is 0.862. The first-order valence-corrected chi connectivity index (χ1v) is 7.60. The molecular formula is C13H9NO3S2. The largest absolute Gasteiger partial charge is 0.609 e. The molecule has 1 amide bonds. The lowest BCUT2D eigenvalue weighted by Crippen LogP contribution is -2.36. The molecule has 0 bridgehead atoms. The molecule has 0 radical (unpaired) electrons. The lowest BCUT2D eigenvalue weighted by atomic mass is 10.1. The van der Waals surface area contributed by atoms with E-state index in [9.17, 15) is 14.1 Å². The van der Waals surface area contributed by atoms with Crippen LogP contribution in [0.1, 0.15) is 0 Å². The second kappa shape index (κ2) is 4.88. The average molecular weight is 291 g/mol. The van der Waals surface area contributed by atoms with Crippen molar-refractivity contribution in [3.8, 4) is 0 Å². The van der Waals surface area contributed by atoms with Crippen LogP contribution in [-0.4, -0.2) is 20.3 Å². The monoisotopic (exact) mass is 291 g/mol. The third-order valence-corrected chi connectivity index (χ3v) is 5.19. The molecule has 2 atom stereocenters. The third kappa shape index (κ3) is 2.34. The molecule has 2 aromatic rings. The van der Waals surface area contributed by atoms with E-state index in [1.54, 1.807) is 12.1 Å². The maximum Gasteiger partial charge on any atom is 0.291 e. The van der Waals surface area contributed by atoms with E-state index in [4.69, 9.17) is 0 Å². The van der Waals surface area contributed by atoms with E-state index in [1.165, 1.54) is 0 Å². The molecular weight excluding hydrogens is 282 g/mol. The Hall–Kier alpha value is -1.50. The molecule has 1 saturated heterocycles. The number of rotatable bonds is 2. The second-order valence-electron chi connectivity index (χ2n) is 4.04. The molecule has 3 rings (SSSR count). The topological polar surface area (TPSA) is 69.2 Å². The highest BCUT2D eigenvalue weighted by atomic mass is 32.2. The second-order valence-corrected chi connectivity index (χ2v) is 6.55. The Labute approximate surface area is 116 Å². The maximum atomic E-state index is 12.3. The summed E-state index contributed by atoms with van der Waals surface area (Å²) in [6.07, 6.45) is 0. The van der Waals surface area contributed by atoms with Crippen molar-refractivity contribution in [2.45, 2.75) is 10.3 Å². The number of thioether (sulfide) groups is 1. The van der Waals surface area contributed by atoms with Gasteiger partial charge >= 0.3 is 0 Å². The highest BCUT2D eigenvalue weighted by molar-refractivity contribution is 8.27. The van der Waals surface area contributed by atoms with Crippen molar-refractivity contribution in [3.05, 3.63) is 42.5 Å². The fraction of sp³-hybridized carbons (Fsp3) is 0.0769. The number of benzene rings is 2. The first-order valence-electron chi connectivity index (χ1n) is 5.57. The minimum absolute atomic E-state index is 0.392. The lowest BCUT2D eigenvalue weighted by molar-refractivity contribution is -0.110. The summed E-state index contributed by atoms with van der Waals surface area (Å²) >= 11 is -0.995. The summed E-state index contributed by atoms with van der Waals surface area (Å²) in [5.41, 5.74) is 0. The predicted molar refractivity (Wildman–Crippen MR) is 75.3 cm³/mol. The molecule has 4 nitrogen and oxygen atoms in total. The maximum absolute atomic E-state index is 12.3. The predicted octanol–water partition coefficient (Wildman–Crippen LogP) is 2.26. The van der Waals surface area contributed by atoms with Crippen molar-refractivity contribution in [3.63, 3.8) is 0 Å². The number of fused-ring (bicyclic) bond motifs is 1. The zero-order valence-electron chi connectivity index (χ0n) is 9.66. The summed E-state index contributed by atoms with van der Waals surface area (Å²) < 4.78 is 12.3. The molecule has 2 unspecified atom stereocenters. The number of hydrogen-bond acceptors (Lipinski definition) is 4. The first kappa shape index (κ1) is 12.5. The molecule has 0 aromatic heterocycles. The molecule has 96 valence electrons. The van der Waals surface area contributed by atoms with Crippen molar-refractivity contribution >= 4 is 44.1 Å². The van der Waals surface area contributed by atoms with Gasteiger partial charge < -0.3 is 4.55 Å². The van der Waals surface area contributed by atoms with Crippen LogP contribution in [0.2, 0.25) is 0 Å². The Morgan fingerprint density at radius 1 is 1.11 bits per heavy atom. The highest BCUT2D eigenvalue weighted by Crippen LogP contribution is 2.27. The van der Waals surface area contributed by atoms with Gasteiger partial charge in [0.15, 0.2) is 4.90 Å². The molecule has 0 saturated carbocycles. The van der Waals surface area contributed by atoms with Gasteiger partial charge in [-0.2, -0.15) is 0 Å². The van der Waals surface area contributed by atoms with E-state index < -0.39 is 26.9 Å². The van der Waals surface area contributed by atoms with Crippen LogP contribution in [0.25, 0.3) is 10.8 Å². The molecule has 1 fully saturated rings. The van der Waals surface area contributed by atoms with E-state index in [0.717, 1.165) is 10.8 Å². The van der Waals surface area contributed by atoms with E-state index >= 15 is 0 Å². The smallest absolute Gasteiger partial charge is 0.291 e. The van der Waals surface area contributed by atoms with Gasteiger partial charge in [-0.25, -0.2) is 0 Å². The zero-order valence-corrected chi connectivity index (χ0v) is 11.3. The van der Waals surface area contributed by atoms with Crippen LogP contribution in [0.5, 0.6) is 0 Å². The molecule has 1 aliphatic heterocycles. The summed E-state index contributed by atoms with van der Waals surface area (Å²) in [5.74, 6) is 0. The van der Waals surface area contributed by atoms with Crippen LogP contribution in [0.4, 0.5) is 4.79 Å². The van der Waals surface area contributed by atoms with Gasteiger partial charge in [0.25, 0.3) is 15.7 Å². The van der Waals surface area contributed by atoms with Gasteiger partial charge in [-0.1, -0.05) is 24.3 Å². The number of carbonyl (C=O) groups is 2. The van der Waals surface area contributed by atoms with E-state index in [-0.39, 0.29) is 0 Å². The molecule has 0 spiro atoms. The number of nitrogens with one attached hydrogen (secondary N) is 1. The van der Waals surface area contributed by atoms with Gasteiger partial charge in [-0.15, -0.1) is 0 Å². The van der Waals surface area contributed by atoms with Crippen LogP contribution in [-0.2, 0) is 16.0 Å². The molecule has 19 heavy (non-hydrogen) atoms. The Morgan fingerprint density at radius 3 is 2.53 bits per heavy atom. The van der Waals surface area contributed by atoms with E-state index in [0.29, 0.717) is 16.7 Å². The molecule has 0 aliphatic carbocycles. The average Bonchev–Trinajstić information content (AvgIpc) is 2.76. The Morgan fingerprint density at radius 2 is 1.84 bits per heavy atom. The van der Waals surface area contributed by atoms with Crippen LogP contribution in [0.3, 0.4) is 0 Å². The first-order chi connectivity index (χ1) is 9.15. The summed E-state index contributed by atoms with van der Waals surface area (Å²) in [6, 6.07) is 13.1. The van der Waals surface area contributed by atoms with Gasteiger partial charge in [-0.3, -0.25) is 14.9 Å². The van der Waals surface area contributed by atoms with Gasteiger partial charge in [-0.05, 0) is 22.9 Å². The van der Waals surface area contributed by atoms with Crippen LogP contribution in [0.15, 0.2) is 47.4 Å². The zero-order chi connectivity index (χ0) is 13.4. The van der Waals surface area contributed by atoms with Crippen molar-refractivity contribution in [2.24, 2.45) is 0 Å². The molecule has 1 aliphatic rings. The Balaban J connectivity index is 1.95. The third-order valence-electron chi connectivity index (χ3n) is 2.82. The van der Waals surface area contributed by atoms with Gasteiger partial charge in [0, 0.05) is 29.0 Å². The summed E-state index contributed by atoms with van der Waals surface area (Å²) in [4.78, 5) is 23.2. The Bertz CT molecular complexity index is 674. The van der Waals surface area contributed by atoms with E-state index in [1.807, 2.05) is 30.3 Å². The molecule has 2 aromatic carbocycles. The van der Waals surface area contributed by atoms with Crippen LogP contribution in [0, 0.1) is 0 Å². The lowest BCUT2D eigenvalue weighted by Gasteiger charge is -2.15. The Kier molecular flexibility index (Phi) is 3.22. The van der Waals surface area contributed by atoms with Crippen molar-refractivity contribution in [1.82, 2.24) is 5.32 Å². The van der Waals surface area contributed by atoms with E-state index in [2.05, 4.69) is 5.32 Å². The van der Waals surface area contributed by atoms with Crippen LogP contribution >= 0.6 is 11.8 Å². The fourth-order valence-electron chi connectivity index (χ4n) is 1.91. The van der Waals surface area contributed by atoms with Gasteiger partial charge in [0.1, 0.15) is 0 Å². The number of hydrogen-bond donors (Lipinski definition) is 1. The summed E-state index contributed by atoms with van der Waals surface area (Å²) in [7, 11) is 0. The minimum Gasteiger partial charge on any atom is -0.609 e. The van der Waals surface area contributed by atoms with Gasteiger partial charge in [0.05, 0.1) is 0 Å². The van der Waals surface area contributed by atoms with Crippen molar-refractivity contribution < 1.29 is 14.1 Å². The summed E-state index contributed by atoms with van der Waals surface area (Å²) in [5, 5.41) is 2.64. The molecule has 1 heterocycles. The van der Waals surface area contributed by atoms with Crippen molar-refractivity contribution in [1.29, 1.82) is 0 Å². The fourth-order valence-corrected chi connectivity index (χ4v) is 4.02. The normalized spacial score (nSPS) is 20.6. The van der Waals surface area contributed by atoms with Gasteiger partial charge in [0.2, 0.25) is 0 Å². The number of carbonyl (C=O) groups excluding carboxylic acids is 2. The minimum atomic E-state index is -1.57.